The van der Waals surface area contributed by atoms with Crippen molar-refractivity contribution in [3.05, 3.63) is 29.8 Å². The van der Waals surface area contributed by atoms with Crippen molar-refractivity contribution in [2.75, 3.05) is 25.4 Å². The molecule has 0 spiro atoms. The average molecular weight is 464 g/mol. The summed E-state index contributed by atoms with van der Waals surface area (Å²) in [5.74, 6) is -0.0158. The summed E-state index contributed by atoms with van der Waals surface area (Å²) in [5.41, 5.74) is 0.222. The Morgan fingerprint density at radius 1 is 1.16 bits per heavy atom. The van der Waals surface area contributed by atoms with Gasteiger partial charge >= 0.3 is 6.36 Å². The van der Waals surface area contributed by atoms with Crippen molar-refractivity contribution >= 4 is 15.6 Å². The van der Waals surface area contributed by atoms with Gasteiger partial charge in [-0.2, -0.15) is 0 Å². The van der Waals surface area contributed by atoms with Crippen molar-refractivity contribution in [3.8, 4) is 5.75 Å². The second-order valence-electron chi connectivity index (χ2n) is 9.11. The number of ether oxygens (including phenoxy) is 1. The number of nitrogens with zero attached hydrogens (tertiary/aromatic N) is 1. The first-order valence-corrected chi connectivity index (χ1v) is 12.3. The molecule has 0 atom stereocenters. The Morgan fingerprint density at radius 2 is 1.81 bits per heavy atom. The van der Waals surface area contributed by atoms with Crippen LogP contribution in [0, 0.1) is 5.92 Å². The molecule has 1 aliphatic rings. The van der Waals surface area contributed by atoms with E-state index in [9.17, 15) is 26.4 Å². The van der Waals surface area contributed by atoms with Crippen LogP contribution in [-0.2, 0) is 9.84 Å². The molecule has 0 amide bonds. The van der Waals surface area contributed by atoms with Crippen molar-refractivity contribution in [1.29, 1.82) is 0 Å². The fourth-order valence-corrected chi connectivity index (χ4v) is 4.75. The van der Waals surface area contributed by atoms with E-state index in [1.165, 1.54) is 18.2 Å². The fourth-order valence-electron chi connectivity index (χ4n) is 3.63. The fraction of sp³-hybridized carbons (Fsp3) is 0.682. The molecule has 176 valence electrons. The standard InChI is InChI=1S/C22H32F3NO4S/c1-21(2,3)31(28,29)15-5-12-26-13-10-17(11-14-26)8-9-20(27)18-6-4-7-19(16-18)30-22(23,24)25/h4,6-7,16-17H,5,8-15H2,1-3H3. The molecule has 31 heavy (non-hydrogen) atoms. The molecule has 5 nitrogen and oxygen atoms in total. The molecule has 1 saturated heterocycles. The lowest BCUT2D eigenvalue weighted by Crippen LogP contribution is -2.36. The van der Waals surface area contributed by atoms with E-state index in [-0.39, 0.29) is 29.3 Å². The zero-order valence-electron chi connectivity index (χ0n) is 18.4. The highest BCUT2D eigenvalue weighted by atomic mass is 32.2. The summed E-state index contributed by atoms with van der Waals surface area (Å²) in [5, 5.41) is 0. The Labute approximate surface area is 182 Å². The van der Waals surface area contributed by atoms with Crippen molar-refractivity contribution in [1.82, 2.24) is 4.90 Å². The van der Waals surface area contributed by atoms with Crippen LogP contribution in [0.1, 0.15) is 63.2 Å². The van der Waals surface area contributed by atoms with Gasteiger partial charge in [0.1, 0.15) is 5.75 Å². The lowest BCUT2D eigenvalue weighted by Gasteiger charge is -2.32. The highest BCUT2D eigenvalue weighted by Crippen LogP contribution is 2.26. The zero-order valence-corrected chi connectivity index (χ0v) is 19.2. The van der Waals surface area contributed by atoms with Gasteiger partial charge in [0.05, 0.1) is 10.5 Å². The van der Waals surface area contributed by atoms with Crippen molar-refractivity contribution in [3.63, 3.8) is 0 Å². The number of carbonyl (C=O) groups is 1. The molecule has 1 aromatic carbocycles. The molecule has 1 aliphatic heterocycles. The third kappa shape index (κ3) is 8.44. The van der Waals surface area contributed by atoms with E-state index in [1.54, 1.807) is 20.8 Å². The first kappa shape index (κ1) is 25.6. The Hall–Kier alpha value is -1.61. The number of likely N-dealkylation sites (tertiary alicyclic amines) is 1. The summed E-state index contributed by atoms with van der Waals surface area (Å²) in [4.78, 5) is 14.6. The minimum atomic E-state index is -4.79. The third-order valence-corrected chi connectivity index (χ3v) is 8.39. The van der Waals surface area contributed by atoms with Gasteiger partial charge < -0.3 is 9.64 Å². The van der Waals surface area contributed by atoms with Crippen LogP contribution in [0.3, 0.4) is 0 Å². The van der Waals surface area contributed by atoms with Crippen LogP contribution in [-0.4, -0.2) is 55.6 Å². The third-order valence-electron chi connectivity index (χ3n) is 5.70. The van der Waals surface area contributed by atoms with Crippen molar-refractivity contribution in [2.24, 2.45) is 5.92 Å². The van der Waals surface area contributed by atoms with Crippen molar-refractivity contribution in [2.45, 2.75) is 64.0 Å². The molecule has 2 rings (SSSR count). The quantitative estimate of drug-likeness (QED) is 0.489. The molecule has 1 aromatic rings. The SMILES string of the molecule is CC(C)(C)S(=O)(=O)CCCN1CCC(CCC(=O)c2cccc(OC(F)(F)F)c2)CC1. The number of hydrogen-bond acceptors (Lipinski definition) is 5. The van der Waals surface area contributed by atoms with Gasteiger partial charge in [-0.3, -0.25) is 4.79 Å². The molecule has 0 bridgehead atoms. The number of rotatable bonds is 9. The average Bonchev–Trinajstić information content (AvgIpc) is 2.65. The van der Waals surface area contributed by atoms with Gasteiger partial charge in [0.25, 0.3) is 0 Å². The minimum absolute atomic E-state index is 0.183. The molecule has 0 N–H and O–H groups in total. The van der Waals surface area contributed by atoms with E-state index in [0.29, 0.717) is 18.8 Å². The second-order valence-corrected chi connectivity index (χ2v) is 12.0. The van der Waals surface area contributed by atoms with Gasteiger partial charge in [0.2, 0.25) is 0 Å². The summed E-state index contributed by atoms with van der Waals surface area (Å²) in [7, 11) is -3.10. The van der Waals surface area contributed by atoms with Gasteiger partial charge in [-0.05, 0) is 84.1 Å². The van der Waals surface area contributed by atoms with E-state index in [1.807, 2.05) is 0 Å². The monoisotopic (exact) mass is 463 g/mol. The highest BCUT2D eigenvalue weighted by Gasteiger charge is 2.31. The highest BCUT2D eigenvalue weighted by molar-refractivity contribution is 7.92. The van der Waals surface area contributed by atoms with E-state index >= 15 is 0 Å². The van der Waals surface area contributed by atoms with Gasteiger partial charge in [-0.1, -0.05) is 12.1 Å². The molecule has 1 heterocycles. The second kappa shape index (κ2) is 10.3. The normalized spacial score (nSPS) is 17.0. The molecule has 0 radical (unpaired) electrons. The zero-order chi connectivity index (χ0) is 23.3. The number of sulfone groups is 1. The first-order valence-electron chi connectivity index (χ1n) is 10.6. The van der Waals surface area contributed by atoms with E-state index in [4.69, 9.17) is 0 Å². The molecule has 1 fully saturated rings. The number of halogens is 3. The maximum atomic E-state index is 12.4. The molecule has 0 saturated carbocycles. The number of ketones is 1. The summed E-state index contributed by atoms with van der Waals surface area (Å²) < 4.78 is 64.5. The summed E-state index contributed by atoms with van der Waals surface area (Å²) >= 11 is 0. The van der Waals surface area contributed by atoms with Crippen molar-refractivity contribution < 1.29 is 31.1 Å². The van der Waals surface area contributed by atoms with Crippen LogP contribution in [0.5, 0.6) is 5.75 Å². The Bertz CT molecular complexity index is 839. The van der Waals surface area contributed by atoms with Crippen LogP contribution < -0.4 is 4.74 Å². The maximum Gasteiger partial charge on any atom is 0.573 e. The van der Waals surface area contributed by atoms with E-state index in [2.05, 4.69) is 9.64 Å². The largest absolute Gasteiger partial charge is 0.573 e. The Morgan fingerprint density at radius 3 is 2.39 bits per heavy atom. The summed E-state index contributed by atoms with van der Waals surface area (Å²) in [6.07, 6.45) is -1.35. The predicted molar refractivity (Wildman–Crippen MR) is 114 cm³/mol. The van der Waals surface area contributed by atoms with E-state index < -0.39 is 20.9 Å². The van der Waals surface area contributed by atoms with Crippen LogP contribution in [0.4, 0.5) is 13.2 Å². The lowest BCUT2D eigenvalue weighted by molar-refractivity contribution is -0.274. The lowest BCUT2D eigenvalue weighted by atomic mass is 9.90. The minimum Gasteiger partial charge on any atom is -0.406 e. The van der Waals surface area contributed by atoms with E-state index in [0.717, 1.165) is 38.5 Å². The number of piperidine rings is 1. The van der Waals surface area contributed by atoms with Gasteiger partial charge in [0.15, 0.2) is 15.6 Å². The molecule has 0 unspecified atom stereocenters. The number of Topliss-reactive ketones (excluding diaryl/α,β-unsaturated/α-hetero) is 1. The molecule has 0 aliphatic carbocycles. The topological polar surface area (TPSA) is 63.7 Å². The van der Waals surface area contributed by atoms with Gasteiger partial charge in [-0.25, -0.2) is 8.42 Å². The Balaban J connectivity index is 1.72. The number of carbonyl (C=O) groups excluding carboxylic acids is 1. The van der Waals surface area contributed by atoms with Crippen LogP contribution in [0.15, 0.2) is 24.3 Å². The van der Waals surface area contributed by atoms with Crippen LogP contribution in [0.25, 0.3) is 0 Å². The molecular weight excluding hydrogens is 431 g/mol. The van der Waals surface area contributed by atoms with Gasteiger partial charge in [0, 0.05) is 12.0 Å². The summed E-state index contributed by atoms with van der Waals surface area (Å²) in [6, 6.07) is 5.18. The Kier molecular flexibility index (Phi) is 8.55. The van der Waals surface area contributed by atoms with Crippen LogP contribution in [0.2, 0.25) is 0 Å². The number of hydrogen-bond donors (Lipinski definition) is 0. The first-order chi connectivity index (χ1) is 14.3. The maximum absolute atomic E-state index is 12.4. The number of alkyl halides is 3. The predicted octanol–water partition coefficient (Wildman–Crippen LogP) is 4.86. The van der Waals surface area contributed by atoms with Gasteiger partial charge in [-0.15, -0.1) is 13.2 Å². The number of benzene rings is 1. The molecule has 0 aromatic heterocycles. The molecular formula is C22H32F3NO4S. The summed E-state index contributed by atoms with van der Waals surface area (Å²) in [6.45, 7) is 7.62. The smallest absolute Gasteiger partial charge is 0.406 e. The van der Waals surface area contributed by atoms with Crippen LogP contribution >= 0.6 is 0 Å². The molecule has 9 heteroatoms.